The second-order valence-electron chi connectivity index (χ2n) is 4.34. The molecule has 2 atom stereocenters. The summed E-state index contributed by atoms with van der Waals surface area (Å²) in [6.45, 7) is 2.90. The van der Waals surface area contributed by atoms with E-state index in [2.05, 4.69) is 10.6 Å². The van der Waals surface area contributed by atoms with Gasteiger partial charge in [-0.15, -0.1) is 0 Å². The van der Waals surface area contributed by atoms with Crippen molar-refractivity contribution < 1.29 is 13.2 Å². The van der Waals surface area contributed by atoms with Crippen molar-refractivity contribution in [3.8, 4) is 0 Å². The zero-order valence-corrected chi connectivity index (χ0v) is 11.9. The van der Waals surface area contributed by atoms with Crippen LogP contribution in [0.25, 0.3) is 0 Å². The maximum absolute atomic E-state index is 11.6. The van der Waals surface area contributed by atoms with Gasteiger partial charge in [0.15, 0.2) is 14.9 Å². The van der Waals surface area contributed by atoms with Gasteiger partial charge in [0, 0.05) is 19.7 Å². The van der Waals surface area contributed by atoms with E-state index in [0.717, 1.165) is 12.8 Å². The molecule has 1 aliphatic rings. The average Bonchev–Trinajstić information content (AvgIpc) is 2.55. The number of nitrogens with one attached hydrogen (secondary N) is 2. The van der Waals surface area contributed by atoms with Crippen LogP contribution in [0.1, 0.15) is 19.8 Å². The normalized spacial score (nSPS) is 24.2. The monoisotopic (exact) mass is 280 g/mol. The standard InChI is InChI=1S/C10H20N2O3S2/c1-8(7-15-2)12-10(16)11-6-9-4-3-5-17(9,13)14/h8-9H,3-7H2,1-2H3,(H2,11,12,16). The van der Waals surface area contributed by atoms with E-state index < -0.39 is 9.84 Å². The first-order valence-corrected chi connectivity index (χ1v) is 7.83. The molecule has 2 unspecified atom stereocenters. The third-order valence-electron chi connectivity index (χ3n) is 2.75. The number of ether oxygens (including phenoxy) is 1. The van der Waals surface area contributed by atoms with Gasteiger partial charge < -0.3 is 15.4 Å². The van der Waals surface area contributed by atoms with E-state index in [1.807, 2.05) is 6.92 Å². The van der Waals surface area contributed by atoms with Crippen molar-refractivity contribution >= 4 is 27.2 Å². The summed E-state index contributed by atoms with van der Waals surface area (Å²) < 4.78 is 28.1. The summed E-state index contributed by atoms with van der Waals surface area (Å²) in [6, 6.07) is 0.111. The van der Waals surface area contributed by atoms with Gasteiger partial charge >= 0.3 is 0 Å². The Bertz CT molecular complexity index is 357. The molecule has 0 saturated carbocycles. The van der Waals surface area contributed by atoms with Crippen LogP contribution in [0.4, 0.5) is 0 Å². The first-order chi connectivity index (χ1) is 7.95. The highest BCUT2D eigenvalue weighted by molar-refractivity contribution is 7.92. The van der Waals surface area contributed by atoms with E-state index in [1.54, 1.807) is 7.11 Å². The third-order valence-corrected chi connectivity index (χ3v) is 5.29. The minimum atomic E-state index is -2.90. The van der Waals surface area contributed by atoms with Crippen LogP contribution in [-0.4, -0.2) is 50.8 Å². The number of thiocarbonyl (C=S) groups is 1. The summed E-state index contributed by atoms with van der Waals surface area (Å²) >= 11 is 5.08. The van der Waals surface area contributed by atoms with Crippen LogP contribution in [0.2, 0.25) is 0 Å². The van der Waals surface area contributed by atoms with E-state index in [9.17, 15) is 8.42 Å². The largest absolute Gasteiger partial charge is 0.383 e. The molecule has 5 nitrogen and oxygen atoms in total. The molecule has 1 saturated heterocycles. The lowest BCUT2D eigenvalue weighted by atomic mass is 10.2. The predicted octanol–water partition coefficient (Wildman–Crippen LogP) is 0.0626. The maximum atomic E-state index is 11.6. The smallest absolute Gasteiger partial charge is 0.166 e. The van der Waals surface area contributed by atoms with Crippen molar-refractivity contribution in [2.75, 3.05) is 26.0 Å². The van der Waals surface area contributed by atoms with Gasteiger partial charge in [0.05, 0.1) is 17.6 Å². The highest BCUT2D eigenvalue weighted by Gasteiger charge is 2.30. The highest BCUT2D eigenvalue weighted by atomic mass is 32.2. The molecule has 0 aromatic heterocycles. The van der Waals surface area contributed by atoms with Crippen molar-refractivity contribution in [3.63, 3.8) is 0 Å². The molecule has 0 bridgehead atoms. The van der Waals surface area contributed by atoms with Crippen molar-refractivity contribution in [3.05, 3.63) is 0 Å². The van der Waals surface area contributed by atoms with Crippen LogP contribution < -0.4 is 10.6 Å². The van der Waals surface area contributed by atoms with Crippen LogP contribution in [0, 0.1) is 0 Å². The molecular formula is C10H20N2O3S2. The van der Waals surface area contributed by atoms with Crippen LogP contribution in [0.3, 0.4) is 0 Å². The maximum Gasteiger partial charge on any atom is 0.166 e. The summed E-state index contributed by atoms with van der Waals surface area (Å²) in [5, 5.41) is 6.18. The SMILES string of the molecule is COCC(C)NC(=S)NCC1CCCS1(=O)=O. The zero-order valence-electron chi connectivity index (χ0n) is 10.2. The Morgan fingerprint density at radius 1 is 1.59 bits per heavy atom. The first kappa shape index (κ1) is 14.7. The highest BCUT2D eigenvalue weighted by Crippen LogP contribution is 2.18. The summed E-state index contributed by atoms with van der Waals surface area (Å²) in [6.07, 6.45) is 1.49. The molecule has 0 radical (unpaired) electrons. The van der Waals surface area contributed by atoms with Gasteiger partial charge in [-0.2, -0.15) is 0 Å². The van der Waals surface area contributed by atoms with Gasteiger partial charge in [-0.25, -0.2) is 8.42 Å². The lowest BCUT2D eigenvalue weighted by Crippen LogP contribution is -2.45. The molecule has 0 amide bonds. The number of sulfone groups is 1. The fourth-order valence-electron chi connectivity index (χ4n) is 1.86. The van der Waals surface area contributed by atoms with Gasteiger partial charge in [0.2, 0.25) is 0 Å². The predicted molar refractivity (Wildman–Crippen MR) is 71.9 cm³/mol. The van der Waals surface area contributed by atoms with Gasteiger partial charge in [-0.3, -0.25) is 0 Å². The van der Waals surface area contributed by atoms with Crippen molar-refractivity contribution in [2.45, 2.75) is 31.1 Å². The van der Waals surface area contributed by atoms with E-state index in [0.29, 0.717) is 24.0 Å². The van der Waals surface area contributed by atoms with Gasteiger partial charge in [0.1, 0.15) is 0 Å². The molecule has 0 aliphatic carbocycles. The van der Waals surface area contributed by atoms with E-state index in [1.165, 1.54) is 0 Å². The van der Waals surface area contributed by atoms with Crippen LogP contribution in [-0.2, 0) is 14.6 Å². The lowest BCUT2D eigenvalue weighted by molar-refractivity contribution is 0.179. The minimum Gasteiger partial charge on any atom is -0.383 e. The average molecular weight is 280 g/mol. The quantitative estimate of drug-likeness (QED) is 0.694. The van der Waals surface area contributed by atoms with Crippen molar-refractivity contribution in [1.82, 2.24) is 10.6 Å². The first-order valence-electron chi connectivity index (χ1n) is 5.70. The van der Waals surface area contributed by atoms with E-state index >= 15 is 0 Å². The van der Waals surface area contributed by atoms with Crippen molar-refractivity contribution in [2.24, 2.45) is 0 Å². The molecule has 1 aliphatic heterocycles. The Morgan fingerprint density at radius 3 is 2.82 bits per heavy atom. The van der Waals surface area contributed by atoms with Crippen LogP contribution in [0.15, 0.2) is 0 Å². The molecule has 17 heavy (non-hydrogen) atoms. The molecule has 2 N–H and O–H groups in total. The fraction of sp³-hybridized carbons (Fsp3) is 0.900. The number of rotatable bonds is 5. The van der Waals surface area contributed by atoms with E-state index in [-0.39, 0.29) is 11.3 Å². The summed E-state index contributed by atoms with van der Waals surface area (Å²) in [7, 11) is -1.27. The van der Waals surface area contributed by atoms with Crippen LogP contribution >= 0.6 is 12.2 Å². The molecule has 7 heteroatoms. The Labute approximate surface area is 108 Å². The molecular weight excluding hydrogens is 260 g/mol. The minimum absolute atomic E-state index is 0.111. The second-order valence-corrected chi connectivity index (χ2v) is 7.15. The number of hydrogen-bond acceptors (Lipinski definition) is 4. The number of hydrogen-bond donors (Lipinski definition) is 2. The Hall–Kier alpha value is -0.400. The van der Waals surface area contributed by atoms with Crippen molar-refractivity contribution in [1.29, 1.82) is 0 Å². The molecule has 0 aromatic carbocycles. The molecule has 1 rings (SSSR count). The van der Waals surface area contributed by atoms with E-state index in [4.69, 9.17) is 17.0 Å². The van der Waals surface area contributed by atoms with Crippen LogP contribution in [0.5, 0.6) is 0 Å². The van der Waals surface area contributed by atoms with Gasteiger partial charge in [0.25, 0.3) is 0 Å². The topological polar surface area (TPSA) is 67.4 Å². The third kappa shape index (κ3) is 4.77. The molecule has 100 valence electrons. The molecule has 1 heterocycles. The summed E-state index contributed by atoms with van der Waals surface area (Å²) in [5.74, 6) is 0.305. The fourth-order valence-corrected chi connectivity index (χ4v) is 3.91. The summed E-state index contributed by atoms with van der Waals surface area (Å²) in [5.41, 5.74) is 0. The van der Waals surface area contributed by atoms with Gasteiger partial charge in [-0.05, 0) is 32.0 Å². The molecule has 0 aromatic rings. The Morgan fingerprint density at radius 2 is 2.29 bits per heavy atom. The lowest BCUT2D eigenvalue weighted by Gasteiger charge is -2.17. The molecule has 0 spiro atoms. The summed E-state index contributed by atoms with van der Waals surface area (Å²) in [4.78, 5) is 0. The van der Waals surface area contributed by atoms with Gasteiger partial charge in [-0.1, -0.05) is 0 Å². The molecule has 1 fully saturated rings. The Balaban J connectivity index is 2.29. The Kier molecular flexibility index (Phi) is 5.61. The number of methoxy groups -OCH3 is 1. The second kappa shape index (κ2) is 6.51. The zero-order chi connectivity index (χ0) is 12.9.